The highest BCUT2D eigenvalue weighted by atomic mass is 19.1. The zero-order valence-electron chi connectivity index (χ0n) is 14.4. The average Bonchev–Trinajstić information content (AvgIpc) is 2.92. The molecule has 1 fully saturated rings. The topological polar surface area (TPSA) is 95.1 Å². The van der Waals surface area contributed by atoms with E-state index in [1.165, 1.54) is 13.2 Å². The summed E-state index contributed by atoms with van der Waals surface area (Å²) in [6, 6.07) is 4.13. The van der Waals surface area contributed by atoms with E-state index in [-0.39, 0.29) is 30.8 Å². The number of aliphatic imine (C=N–C) groups is 1. The normalized spacial score (nSPS) is 15.8. The maximum absolute atomic E-state index is 13.8. The molecule has 0 bridgehead atoms. The number of guanidine groups is 1. The molecule has 1 unspecified atom stereocenters. The molecule has 3 N–H and O–H groups in total. The van der Waals surface area contributed by atoms with Crippen molar-refractivity contribution in [2.45, 2.75) is 13.0 Å². The standard InChI is InChI=1S/C16H22FN5O3/c1-10(11-4-5-13(25-3)12(17)8-11)21-15(18-2)19-6-7-22-14(23)9-20-16(22)24/h4-5,8,10H,6-7,9H2,1-3H3,(H,20,24)(H2,18,19,21). The summed E-state index contributed by atoms with van der Waals surface area (Å²) in [6.45, 7) is 2.48. The number of urea groups is 1. The highest BCUT2D eigenvalue weighted by Crippen LogP contribution is 2.21. The molecule has 9 heteroatoms. The zero-order chi connectivity index (χ0) is 18.4. The Bertz CT molecular complexity index is 664. The molecule has 25 heavy (non-hydrogen) atoms. The smallest absolute Gasteiger partial charge is 0.324 e. The lowest BCUT2D eigenvalue weighted by molar-refractivity contribution is -0.124. The van der Waals surface area contributed by atoms with E-state index in [1.54, 1.807) is 19.2 Å². The quantitative estimate of drug-likeness (QED) is 0.397. The van der Waals surface area contributed by atoms with Crippen molar-refractivity contribution in [3.05, 3.63) is 29.6 Å². The van der Waals surface area contributed by atoms with Gasteiger partial charge in [-0.1, -0.05) is 6.07 Å². The molecule has 1 atom stereocenters. The minimum Gasteiger partial charge on any atom is -0.494 e. The van der Waals surface area contributed by atoms with Gasteiger partial charge in [-0.2, -0.15) is 0 Å². The number of benzene rings is 1. The third-order valence-corrected chi connectivity index (χ3v) is 3.82. The molecule has 1 aliphatic heterocycles. The minimum atomic E-state index is -0.435. The third-order valence-electron chi connectivity index (χ3n) is 3.82. The monoisotopic (exact) mass is 351 g/mol. The maximum Gasteiger partial charge on any atom is 0.324 e. The molecule has 2 rings (SSSR count). The van der Waals surface area contributed by atoms with Gasteiger partial charge in [0, 0.05) is 20.1 Å². The van der Waals surface area contributed by atoms with Crippen molar-refractivity contribution < 1.29 is 18.7 Å². The highest BCUT2D eigenvalue weighted by molar-refractivity contribution is 6.01. The Hall–Kier alpha value is -2.84. The van der Waals surface area contributed by atoms with Gasteiger partial charge in [-0.3, -0.25) is 14.7 Å². The van der Waals surface area contributed by atoms with Crippen LogP contribution in [0, 0.1) is 5.82 Å². The Balaban J connectivity index is 1.87. The summed E-state index contributed by atoms with van der Waals surface area (Å²) >= 11 is 0. The lowest BCUT2D eigenvalue weighted by atomic mass is 10.1. The van der Waals surface area contributed by atoms with Crippen LogP contribution in [0.3, 0.4) is 0 Å². The zero-order valence-corrected chi connectivity index (χ0v) is 14.4. The van der Waals surface area contributed by atoms with Crippen LogP contribution in [-0.4, -0.2) is 56.6 Å². The number of amides is 3. The third kappa shape index (κ3) is 4.59. The van der Waals surface area contributed by atoms with Crippen molar-refractivity contribution >= 4 is 17.9 Å². The number of rotatable bonds is 6. The number of nitrogens with one attached hydrogen (secondary N) is 3. The first-order valence-corrected chi connectivity index (χ1v) is 7.85. The van der Waals surface area contributed by atoms with Gasteiger partial charge in [0.15, 0.2) is 17.5 Å². The van der Waals surface area contributed by atoms with Gasteiger partial charge in [0.2, 0.25) is 5.91 Å². The second-order valence-electron chi connectivity index (χ2n) is 5.46. The van der Waals surface area contributed by atoms with Gasteiger partial charge < -0.3 is 20.7 Å². The molecule has 0 aliphatic carbocycles. The molecule has 8 nitrogen and oxygen atoms in total. The van der Waals surface area contributed by atoms with E-state index in [1.807, 2.05) is 6.92 Å². The molecule has 1 aliphatic rings. The first kappa shape index (κ1) is 18.5. The number of hydrogen-bond donors (Lipinski definition) is 3. The second-order valence-corrected chi connectivity index (χ2v) is 5.46. The first-order valence-electron chi connectivity index (χ1n) is 7.85. The van der Waals surface area contributed by atoms with E-state index in [4.69, 9.17) is 4.74 Å². The van der Waals surface area contributed by atoms with Gasteiger partial charge in [-0.05, 0) is 24.6 Å². The van der Waals surface area contributed by atoms with Gasteiger partial charge in [0.05, 0.1) is 19.7 Å². The molecular weight excluding hydrogens is 329 g/mol. The Labute approximate surface area is 145 Å². The Morgan fingerprint density at radius 3 is 2.80 bits per heavy atom. The second kappa shape index (κ2) is 8.32. The SMILES string of the molecule is CN=C(NCCN1C(=O)CNC1=O)NC(C)c1ccc(OC)c(F)c1. The predicted octanol–water partition coefficient (Wildman–Crippen LogP) is 0.612. The van der Waals surface area contributed by atoms with Gasteiger partial charge in [0.25, 0.3) is 0 Å². The Morgan fingerprint density at radius 1 is 1.48 bits per heavy atom. The lowest BCUT2D eigenvalue weighted by Gasteiger charge is -2.20. The predicted molar refractivity (Wildman–Crippen MR) is 91.0 cm³/mol. The molecule has 1 saturated heterocycles. The van der Waals surface area contributed by atoms with Crippen molar-refractivity contribution in [1.29, 1.82) is 0 Å². The molecule has 0 aromatic heterocycles. The van der Waals surface area contributed by atoms with E-state index < -0.39 is 11.8 Å². The van der Waals surface area contributed by atoms with Crippen LogP contribution in [0.5, 0.6) is 5.75 Å². The number of halogens is 1. The Kier molecular flexibility index (Phi) is 6.15. The van der Waals surface area contributed by atoms with Crippen LogP contribution in [-0.2, 0) is 4.79 Å². The fraction of sp³-hybridized carbons (Fsp3) is 0.438. The van der Waals surface area contributed by atoms with Gasteiger partial charge >= 0.3 is 6.03 Å². The van der Waals surface area contributed by atoms with Crippen molar-refractivity contribution in [3.8, 4) is 5.75 Å². The number of nitrogens with zero attached hydrogens (tertiary/aromatic N) is 2. The molecule has 0 saturated carbocycles. The van der Waals surface area contributed by atoms with Crippen LogP contribution in [0.25, 0.3) is 0 Å². The molecule has 0 radical (unpaired) electrons. The summed E-state index contributed by atoms with van der Waals surface area (Å²) in [5.41, 5.74) is 0.732. The van der Waals surface area contributed by atoms with Crippen molar-refractivity contribution in [2.24, 2.45) is 4.99 Å². The van der Waals surface area contributed by atoms with Crippen molar-refractivity contribution in [2.75, 3.05) is 33.8 Å². The fourth-order valence-electron chi connectivity index (χ4n) is 2.40. The number of carbonyl (C=O) groups excluding carboxylic acids is 2. The molecule has 1 aromatic rings. The molecule has 136 valence electrons. The van der Waals surface area contributed by atoms with Crippen LogP contribution < -0.4 is 20.7 Å². The van der Waals surface area contributed by atoms with Crippen LogP contribution in [0.2, 0.25) is 0 Å². The maximum atomic E-state index is 13.8. The van der Waals surface area contributed by atoms with Crippen molar-refractivity contribution in [1.82, 2.24) is 20.9 Å². The lowest BCUT2D eigenvalue weighted by Crippen LogP contribution is -2.43. The van der Waals surface area contributed by atoms with Crippen LogP contribution in [0.15, 0.2) is 23.2 Å². The van der Waals surface area contributed by atoms with Gasteiger partial charge in [0.1, 0.15) is 0 Å². The summed E-state index contributed by atoms with van der Waals surface area (Å²) in [5.74, 6) is -0.0187. The Morgan fingerprint density at radius 2 is 2.24 bits per heavy atom. The highest BCUT2D eigenvalue weighted by Gasteiger charge is 2.27. The van der Waals surface area contributed by atoms with Crippen LogP contribution in [0.4, 0.5) is 9.18 Å². The summed E-state index contributed by atoms with van der Waals surface area (Å²) < 4.78 is 18.7. The molecule has 0 spiro atoms. The van der Waals surface area contributed by atoms with E-state index >= 15 is 0 Å². The molecular formula is C16H22FN5O3. The molecule has 1 aromatic carbocycles. The van der Waals surface area contributed by atoms with Crippen molar-refractivity contribution in [3.63, 3.8) is 0 Å². The molecule has 3 amide bonds. The number of carbonyl (C=O) groups is 2. The summed E-state index contributed by atoms with van der Waals surface area (Å²) in [5, 5.41) is 8.60. The van der Waals surface area contributed by atoms with E-state index in [9.17, 15) is 14.0 Å². The molecule has 1 heterocycles. The van der Waals surface area contributed by atoms with Crippen LogP contribution >= 0.6 is 0 Å². The summed E-state index contributed by atoms with van der Waals surface area (Å²) in [4.78, 5) is 28.2. The van der Waals surface area contributed by atoms with E-state index in [0.29, 0.717) is 12.5 Å². The largest absolute Gasteiger partial charge is 0.494 e. The summed E-state index contributed by atoms with van der Waals surface area (Å²) in [6.07, 6.45) is 0. The van der Waals surface area contributed by atoms with E-state index in [2.05, 4.69) is 20.9 Å². The minimum absolute atomic E-state index is 0.0336. The number of ether oxygens (including phenoxy) is 1. The number of methoxy groups -OCH3 is 1. The fourth-order valence-corrected chi connectivity index (χ4v) is 2.40. The summed E-state index contributed by atoms with van der Waals surface area (Å²) in [7, 11) is 3.02. The van der Waals surface area contributed by atoms with Gasteiger partial charge in [-0.25, -0.2) is 9.18 Å². The van der Waals surface area contributed by atoms with Crippen LogP contribution in [0.1, 0.15) is 18.5 Å². The van der Waals surface area contributed by atoms with E-state index in [0.717, 1.165) is 10.5 Å². The average molecular weight is 351 g/mol. The first-order chi connectivity index (χ1) is 12.0. The number of hydrogen-bond acceptors (Lipinski definition) is 4. The van der Waals surface area contributed by atoms with Gasteiger partial charge in [-0.15, -0.1) is 0 Å². The number of imide groups is 1.